The summed E-state index contributed by atoms with van der Waals surface area (Å²) in [6.45, 7) is 19.6. The minimum atomic E-state index is -1.91. The molecule has 5 heteroatoms. The number of nitrogens with zero attached hydrogens (tertiary/aromatic N) is 1. The molecule has 2 rings (SSSR count). The van der Waals surface area contributed by atoms with E-state index in [1.54, 1.807) is 0 Å². The lowest BCUT2D eigenvalue weighted by molar-refractivity contribution is 0.0154. The molecule has 1 aliphatic rings. The molecule has 3 atom stereocenters. The van der Waals surface area contributed by atoms with Crippen LogP contribution in [0.5, 0.6) is 0 Å². The molecule has 4 nitrogen and oxygen atoms in total. The first-order chi connectivity index (χ1) is 13.8. The van der Waals surface area contributed by atoms with E-state index in [2.05, 4.69) is 58.1 Å². The molecule has 1 fully saturated rings. The quantitative estimate of drug-likeness (QED) is 0.452. The van der Waals surface area contributed by atoms with Gasteiger partial charge in [0.25, 0.3) is 0 Å². The van der Waals surface area contributed by atoms with Gasteiger partial charge in [0, 0.05) is 18.0 Å². The van der Waals surface area contributed by atoms with Gasteiger partial charge in [-0.1, -0.05) is 51.1 Å². The molecular weight excluding hydrogens is 390 g/mol. The summed E-state index contributed by atoms with van der Waals surface area (Å²) in [7, 11) is -1.91. The van der Waals surface area contributed by atoms with Crippen molar-refractivity contribution in [1.29, 1.82) is 0 Å². The van der Waals surface area contributed by atoms with Crippen LogP contribution in [0.1, 0.15) is 66.9 Å². The molecule has 1 aliphatic carbocycles. The Balaban J connectivity index is 2.23. The topological polar surface area (TPSA) is 38.8 Å². The Labute approximate surface area is 185 Å². The molecular formula is C25H43NO3Si. The van der Waals surface area contributed by atoms with E-state index in [1.165, 1.54) is 5.56 Å². The van der Waals surface area contributed by atoms with E-state index >= 15 is 0 Å². The SMILES string of the molecule is CC(C)N(C(=O)O[C@@H]1CC[C@H](O[Si](C)(C)C(C)(C)C)[C@H]1Cc1ccccc1)C(C)C. The molecule has 0 spiro atoms. The zero-order valence-corrected chi connectivity index (χ0v) is 21.6. The molecule has 0 N–H and O–H groups in total. The average molecular weight is 434 g/mol. The standard InChI is InChI=1S/C25H43NO3Si/c1-18(2)26(19(3)4)24(27)28-22-15-16-23(29-30(8,9)25(5,6)7)21(22)17-20-13-11-10-12-14-20/h10-14,18-19,21-23H,15-17H2,1-9H3/t21-,22+,23-/m0/s1. The second-order valence-electron chi connectivity index (χ2n) is 10.9. The summed E-state index contributed by atoms with van der Waals surface area (Å²) in [5, 5.41) is 0.158. The Kier molecular flexibility index (Phi) is 8.20. The Morgan fingerprint density at radius 2 is 1.57 bits per heavy atom. The fourth-order valence-electron chi connectivity index (χ4n) is 4.20. The van der Waals surface area contributed by atoms with Gasteiger partial charge in [0.2, 0.25) is 0 Å². The molecule has 170 valence electrons. The number of carbonyl (C=O) groups is 1. The Morgan fingerprint density at radius 1 is 1.03 bits per heavy atom. The van der Waals surface area contributed by atoms with Crippen LogP contribution in [0.2, 0.25) is 18.1 Å². The van der Waals surface area contributed by atoms with E-state index in [0.29, 0.717) is 0 Å². The van der Waals surface area contributed by atoms with E-state index in [-0.39, 0.29) is 41.3 Å². The number of ether oxygens (including phenoxy) is 1. The van der Waals surface area contributed by atoms with E-state index < -0.39 is 8.32 Å². The smallest absolute Gasteiger partial charge is 0.410 e. The fourth-order valence-corrected chi connectivity index (χ4v) is 5.60. The van der Waals surface area contributed by atoms with Gasteiger partial charge in [0.1, 0.15) is 6.10 Å². The monoisotopic (exact) mass is 433 g/mol. The van der Waals surface area contributed by atoms with Crippen molar-refractivity contribution >= 4 is 14.4 Å². The van der Waals surface area contributed by atoms with Crippen molar-refractivity contribution in [2.24, 2.45) is 5.92 Å². The van der Waals surface area contributed by atoms with Crippen LogP contribution in [0.25, 0.3) is 0 Å². The third-order valence-corrected chi connectivity index (χ3v) is 11.3. The number of amides is 1. The highest BCUT2D eigenvalue weighted by Gasteiger charge is 2.46. The van der Waals surface area contributed by atoms with E-state index in [0.717, 1.165) is 19.3 Å². The molecule has 30 heavy (non-hydrogen) atoms. The van der Waals surface area contributed by atoms with E-state index in [4.69, 9.17) is 9.16 Å². The van der Waals surface area contributed by atoms with Gasteiger partial charge in [0.15, 0.2) is 8.32 Å². The van der Waals surface area contributed by atoms with Crippen molar-refractivity contribution < 1.29 is 14.0 Å². The van der Waals surface area contributed by atoms with Crippen LogP contribution in [0, 0.1) is 5.92 Å². The minimum Gasteiger partial charge on any atom is -0.446 e. The maximum atomic E-state index is 13.0. The van der Waals surface area contributed by atoms with Crippen LogP contribution in [0.15, 0.2) is 30.3 Å². The highest BCUT2D eigenvalue weighted by Crippen LogP contribution is 2.42. The number of rotatable bonds is 7. The molecule has 0 bridgehead atoms. The van der Waals surface area contributed by atoms with Crippen molar-refractivity contribution in [2.45, 2.75) is 110 Å². The van der Waals surface area contributed by atoms with Crippen LogP contribution in [-0.2, 0) is 15.6 Å². The molecule has 0 saturated heterocycles. The molecule has 1 saturated carbocycles. The largest absolute Gasteiger partial charge is 0.446 e. The molecule has 0 aromatic heterocycles. The Hall–Kier alpha value is -1.33. The summed E-state index contributed by atoms with van der Waals surface area (Å²) < 4.78 is 13.0. The van der Waals surface area contributed by atoms with Gasteiger partial charge in [-0.05, 0) is 70.7 Å². The van der Waals surface area contributed by atoms with Crippen LogP contribution >= 0.6 is 0 Å². The zero-order chi connectivity index (χ0) is 22.7. The lowest BCUT2D eigenvalue weighted by Crippen LogP contribution is -2.47. The lowest BCUT2D eigenvalue weighted by Gasteiger charge is -2.40. The van der Waals surface area contributed by atoms with Crippen LogP contribution in [0.4, 0.5) is 4.79 Å². The molecule has 0 heterocycles. The Bertz CT molecular complexity index is 673. The molecule has 1 amide bonds. The Morgan fingerprint density at radius 3 is 2.07 bits per heavy atom. The van der Waals surface area contributed by atoms with E-state index in [9.17, 15) is 4.79 Å². The highest BCUT2D eigenvalue weighted by molar-refractivity contribution is 6.74. The maximum absolute atomic E-state index is 13.0. The van der Waals surface area contributed by atoms with Gasteiger partial charge < -0.3 is 14.1 Å². The number of carbonyl (C=O) groups excluding carboxylic acids is 1. The van der Waals surface area contributed by atoms with Crippen molar-refractivity contribution in [3.63, 3.8) is 0 Å². The molecule has 1 aromatic rings. The van der Waals surface area contributed by atoms with Crippen LogP contribution < -0.4 is 0 Å². The zero-order valence-electron chi connectivity index (χ0n) is 20.6. The molecule has 0 unspecified atom stereocenters. The maximum Gasteiger partial charge on any atom is 0.410 e. The minimum absolute atomic E-state index is 0.104. The normalized spacial score (nSPS) is 22.6. The van der Waals surface area contributed by atoms with Crippen molar-refractivity contribution in [2.75, 3.05) is 0 Å². The number of hydrogen-bond acceptors (Lipinski definition) is 3. The molecule has 0 radical (unpaired) electrons. The van der Waals surface area contributed by atoms with Crippen molar-refractivity contribution in [3.8, 4) is 0 Å². The van der Waals surface area contributed by atoms with Gasteiger partial charge >= 0.3 is 6.09 Å². The first-order valence-electron chi connectivity index (χ1n) is 11.5. The number of hydrogen-bond donors (Lipinski definition) is 0. The van der Waals surface area contributed by atoms with E-state index in [1.807, 2.05) is 38.7 Å². The lowest BCUT2D eigenvalue weighted by atomic mass is 9.94. The van der Waals surface area contributed by atoms with Gasteiger partial charge in [0.05, 0.1) is 6.10 Å². The van der Waals surface area contributed by atoms with Crippen LogP contribution in [0.3, 0.4) is 0 Å². The van der Waals surface area contributed by atoms with Gasteiger partial charge in [-0.15, -0.1) is 0 Å². The van der Waals surface area contributed by atoms with Crippen LogP contribution in [-0.4, -0.2) is 43.6 Å². The summed E-state index contributed by atoms with van der Waals surface area (Å²) >= 11 is 0. The predicted molar refractivity (Wildman–Crippen MR) is 127 cm³/mol. The first kappa shape index (κ1) is 24.9. The second-order valence-corrected chi connectivity index (χ2v) is 15.6. The summed E-state index contributed by atoms with van der Waals surface area (Å²) in [5.74, 6) is 0.187. The number of benzene rings is 1. The summed E-state index contributed by atoms with van der Waals surface area (Å²) in [4.78, 5) is 14.8. The third-order valence-electron chi connectivity index (χ3n) is 6.83. The molecule has 1 aromatic carbocycles. The summed E-state index contributed by atoms with van der Waals surface area (Å²) in [6, 6.07) is 10.8. The van der Waals surface area contributed by atoms with Gasteiger partial charge in [-0.2, -0.15) is 0 Å². The highest BCUT2D eigenvalue weighted by atomic mass is 28.4. The van der Waals surface area contributed by atoms with Crippen molar-refractivity contribution in [1.82, 2.24) is 4.90 Å². The second kappa shape index (κ2) is 9.86. The van der Waals surface area contributed by atoms with Gasteiger partial charge in [-0.3, -0.25) is 0 Å². The average Bonchev–Trinajstić information content (AvgIpc) is 2.95. The fraction of sp³-hybridized carbons (Fsp3) is 0.720. The summed E-state index contributed by atoms with van der Waals surface area (Å²) in [6.07, 6.45) is 2.53. The van der Waals surface area contributed by atoms with Crippen molar-refractivity contribution in [3.05, 3.63) is 35.9 Å². The predicted octanol–water partition coefficient (Wildman–Crippen LogP) is 6.65. The summed E-state index contributed by atoms with van der Waals surface area (Å²) in [5.41, 5.74) is 1.28. The first-order valence-corrected chi connectivity index (χ1v) is 14.4. The third kappa shape index (κ3) is 6.10. The van der Waals surface area contributed by atoms with Gasteiger partial charge in [-0.25, -0.2) is 4.79 Å². The molecule has 0 aliphatic heterocycles.